The number of carbonyl (C=O) groups is 1. The summed E-state index contributed by atoms with van der Waals surface area (Å²) in [5.41, 5.74) is 8.48. The number of hydrogen-bond acceptors (Lipinski definition) is 7. The summed E-state index contributed by atoms with van der Waals surface area (Å²) in [5.74, 6) is 2.47. The molecule has 2 aliphatic carbocycles. The van der Waals surface area contributed by atoms with E-state index in [-0.39, 0.29) is 11.8 Å². The predicted molar refractivity (Wildman–Crippen MR) is 240 cm³/mol. The van der Waals surface area contributed by atoms with E-state index >= 15 is 0 Å². The molecule has 2 aromatic carbocycles. The molecule has 60 heavy (non-hydrogen) atoms. The van der Waals surface area contributed by atoms with Gasteiger partial charge in [0.2, 0.25) is 0 Å². The number of hydrogen-bond donors (Lipinski definition) is 0. The minimum atomic E-state index is -0.313. The van der Waals surface area contributed by atoms with Gasteiger partial charge in [-0.15, -0.1) is 0 Å². The SMILES string of the molecule is CCCC1CCC(c2ccc(C(C#N)Cc3ccc(CCCCC(=O)CCCCc4ccc(CC(C#N)c5ccc(C6CCC(CCC)CC6)nn5)cc4)cc3)nn2)CC1. The van der Waals surface area contributed by atoms with Crippen LogP contribution < -0.4 is 0 Å². The molecule has 0 radical (unpaired) electrons. The second-order valence-corrected chi connectivity index (χ2v) is 18.1. The maximum Gasteiger partial charge on any atom is 0.132 e. The van der Waals surface area contributed by atoms with E-state index in [9.17, 15) is 15.3 Å². The van der Waals surface area contributed by atoms with Crippen molar-refractivity contribution in [2.45, 2.75) is 179 Å². The van der Waals surface area contributed by atoms with Crippen molar-refractivity contribution in [3.8, 4) is 12.1 Å². The van der Waals surface area contributed by atoms with E-state index in [2.05, 4.69) is 107 Å². The monoisotopic (exact) mass is 805 g/mol. The van der Waals surface area contributed by atoms with E-state index in [0.717, 1.165) is 84.3 Å². The molecule has 2 aromatic heterocycles. The number of Topliss-reactive ketones (excluding diaryl/α,β-unsaturated/α-hetero) is 1. The van der Waals surface area contributed by atoms with Crippen molar-refractivity contribution in [2.75, 3.05) is 0 Å². The Balaban J connectivity index is 0.829. The Morgan fingerprint density at radius 2 is 0.917 bits per heavy atom. The lowest BCUT2D eigenvalue weighted by Crippen LogP contribution is -2.15. The number of nitrogens with zero attached hydrogens (tertiary/aromatic N) is 6. The van der Waals surface area contributed by atoms with Crippen molar-refractivity contribution in [3.63, 3.8) is 0 Å². The summed E-state index contributed by atoms with van der Waals surface area (Å²) in [6, 6.07) is 30.3. The third-order valence-electron chi connectivity index (χ3n) is 13.6. The molecule has 2 fully saturated rings. The molecular formula is C53H68N6O. The van der Waals surface area contributed by atoms with Crippen LogP contribution in [0.4, 0.5) is 0 Å². The molecule has 7 nitrogen and oxygen atoms in total. The Kier molecular flexibility index (Phi) is 17.8. The Hall–Kier alpha value is -4.75. The molecule has 0 amide bonds. The van der Waals surface area contributed by atoms with E-state index in [4.69, 9.17) is 0 Å². The van der Waals surface area contributed by atoms with E-state index in [1.165, 1.54) is 88.2 Å². The average molecular weight is 805 g/mol. The number of benzene rings is 2. The van der Waals surface area contributed by atoms with Gasteiger partial charge in [-0.2, -0.15) is 30.9 Å². The van der Waals surface area contributed by atoms with E-state index < -0.39 is 0 Å². The van der Waals surface area contributed by atoms with Crippen molar-refractivity contribution in [2.24, 2.45) is 11.8 Å². The molecule has 2 aliphatic rings. The van der Waals surface area contributed by atoms with Crippen LogP contribution in [-0.4, -0.2) is 26.2 Å². The van der Waals surface area contributed by atoms with Gasteiger partial charge in [-0.25, -0.2) is 0 Å². The minimum Gasteiger partial charge on any atom is -0.300 e. The van der Waals surface area contributed by atoms with Crippen molar-refractivity contribution >= 4 is 5.78 Å². The molecule has 0 saturated heterocycles. The van der Waals surface area contributed by atoms with Gasteiger partial charge in [0.15, 0.2) is 0 Å². The molecule has 2 atom stereocenters. The molecule has 2 unspecified atom stereocenters. The molecule has 0 N–H and O–H groups in total. The smallest absolute Gasteiger partial charge is 0.132 e. The van der Waals surface area contributed by atoms with Crippen molar-refractivity contribution in [3.05, 3.63) is 118 Å². The minimum absolute atomic E-state index is 0.313. The third kappa shape index (κ3) is 13.6. The zero-order chi connectivity index (χ0) is 41.9. The van der Waals surface area contributed by atoms with E-state index in [1.807, 2.05) is 12.1 Å². The zero-order valence-corrected chi connectivity index (χ0v) is 36.5. The first-order valence-corrected chi connectivity index (χ1v) is 23.6. The molecule has 4 aromatic rings. The van der Waals surface area contributed by atoms with Gasteiger partial charge in [-0.1, -0.05) is 88.1 Å². The largest absolute Gasteiger partial charge is 0.300 e. The molecule has 2 saturated carbocycles. The lowest BCUT2D eigenvalue weighted by Gasteiger charge is -2.27. The Labute approximate surface area is 360 Å². The Bertz CT molecular complexity index is 1800. The second kappa shape index (κ2) is 23.9. The summed E-state index contributed by atoms with van der Waals surface area (Å²) < 4.78 is 0. The summed E-state index contributed by atoms with van der Waals surface area (Å²) >= 11 is 0. The number of nitriles is 2. The first-order chi connectivity index (χ1) is 29.4. The summed E-state index contributed by atoms with van der Waals surface area (Å²) in [6.45, 7) is 4.55. The van der Waals surface area contributed by atoms with Crippen LogP contribution >= 0.6 is 0 Å². The third-order valence-corrected chi connectivity index (χ3v) is 13.6. The topological polar surface area (TPSA) is 116 Å². The van der Waals surface area contributed by atoms with Crippen LogP contribution in [0.3, 0.4) is 0 Å². The van der Waals surface area contributed by atoms with Crippen molar-refractivity contribution in [1.29, 1.82) is 10.5 Å². The molecule has 0 spiro atoms. The second-order valence-electron chi connectivity index (χ2n) is 18.1. The summed E-state index contributed by atoms with van der Waals surface area (Å²) in [5, 5.41) is 38.1. The number of aromatic nitrogens is 4. The molecule has 316 valence electrons. The van der Waals surface area contributed by atoms with E-state index in [0.29, 0.717) is 43.3 Å². The van der Waals surface area contributed by atoms with Gasteiger partial charge in [-0.05, 0) is 161 Å². The van der Waals surface area contributed by atoms with Gasteiger partial charge in [0.25, 0.3) is 0 Å². The highest BCUT2D eigenvalue weighted by molar-refractivity contribution is 5.78. The van der Waals surface area contributed by atoms with Crippen LogP contribution in [0.25, 0.3) is 0 Å². The van der Waals surface area contributed by atoms with Crippen LogP contribution in [0.5, 0.6) is 0 Å². The highest BCUT2D eigenvalue weighted by Gasteiger charge is 2.25. The number of rotatable bonds is 22. The lowest BCUT2D eigenvalue weighted by atomic mass is 9.79. The molecule has 7 heteroatoms. The lowest BCUT2D eigenvalue weighted by molar-refractivity contribution is -0.119. The molecule has 0 aliphatic heterocycles. The van der Waals surface area contributed by atoms with Crippen LogP contribution in [-0.2, 0) is 30.5 Å². The maximum atomic E-state index is 12.6. The summed E-state index contributed by atoms with van der Waals surface area (Å²) in [6.07, 6.45) is 23.4. The first-order valence-electron chi connectivity index (χ1n) is 23.6. The summed E-state index contributed by atoms with van der Waals surface area (Å²) in [4.78, 5) is 12.6. The van der Waals surface area contributed by atoms with Crippen molar-refractivity contribution < 1.29 is 4.79 Å². The predicted octanol–water partition coefficient (Wildman–Crippen LogP) is 12.8. The van der Waals surface area contributed by atoms with Gasteiger partial charge in [0.1, 0.15) is 5.78 Å². The van der Waals surface area contributed by atoms with Crippen LogP contribution in [0.2, 0.25) is 0 Å². The molecule has 6 rings (SSSR count). The fourth-order valence-electron chi connectivity index (χ4n) is 9.84. The first kappa shape index (κ1) is 44.8. The number of aryl methyl sites for hydroxylation is 2. The molecule has 0 bridgehead atoms. The normalized spacial score (nSPS) is 20.1. The van der Waals surface area contributed by atoms with Crippen LogP contribution in [0.15, 0.2) is 72.8 Å². The highest BCUT2D eigenvalue weighted by Crippen LogP contribution is 2.38. The highest BCUT2D eigenvalue weighted by atomic mass is 16.1. The van der Waals surface area contributed by atoms with Gasteiger partial charge in [-0.3, -0.25) is 4.79 Å². The van der Waals surface area contributed by atoms with Crippen LogP contribution in [0, 0.1) is 34.5 Å². The quantitative estimate of drug-likeness (QED) is 0.0726. The Morgan fingerprint density at radius 3 is 1.25 bits per heavy atom. The number of carbonyl (C=O) groups excluding carboxylic acids is 1. The maximum absolute atomic E-state index is 12.6. The van der Waals surface area contributed by atoms with Gasteiger partial charge >= 0.3 is 0 Å². The standard InChI is InChI=1S/C53H68N6O/c1-3-9-39-23-27-45(28-24-39)50-31-33-52(58-56-50)47(37-54)35-43-19-15-41(16-20-43)11-5-7-13-49(60)14-8-6-12-42-17-21-44(22-18-42)36-48(38-55)53-34-32-51(57-59-53)46-29-25-40(10-4-2)26-30-46/h15-22,31-34,39-40,45-48H,3-14,23-30,35-36H2,1-2H3. The summed E-state index contributed by atoms with van der Waals surface area (Å²) in [7, 11) is 0. The van der Waals surface area contributed by atoms with E-state index in [1.54, 1.807) is 0 Å². The molecular weight excluding hydrogens is 737 g/mol. The fraction of sp³-hybridized carbons (Fsp3) is 0.566. The number of unbranched alkanes of at least 4 members (excludes halogenated alkanes) is 2. The van der Waals surface area contributed by atoms with Gasteiger partial charge in [0.05, 0.1) is 46.7 Å². The Morgan fingerprint density at radius 1 is 0.533 bits per heavy atom. The average Bonchev–Trinajstić information content (AvgIpc) is 3.29. The van der Waals surface area contributed by atoms with Gasteiger partial charge < -0.3 is 0 Å². The number of ketones is 1. The zero-order valence-electron chi connectivity index (χ0n) is 36.5. The molecule has 2 heterocycles. The fourth-order valence-corrected chi connectivity index (χ4v) is 9.84. The van der Waals surface area contributed by atoms with Crippen LogP contribution in [0.1, 0.15) is 198 Å². The van der Waals surface area contributed by atoms with Gasteiger partial charge in [0, 0.05) is 24.7 Å². The van der Waals surface area contributed by atoms with Crippen molar-refractivity contribution in [1.82, 2.24) is 20.4 Å².